The highest BCUT2D eigenvalue weighted by atomic mass is 19.4. The van der Waals surface area contributed by atoms with Crippen LogP contribution in [0.5, 0.6) is 5.75 Å². The van der Waals surface area contributed by atoms with Gasteiger partial charge in [0.1, 0.15) is 5.75 Å². The maximum absolute atomic E-state index is 12.0. The van der Waals surface area contributed by atoms with Crippen LogP contribution >= 0.6 is 0 Å². The molecule has 0 unspecified atom stereocenters. The molecule has 1 aliphatic carbocycles. The minimum Gasteiger partial charge on any atom is -0.406 e. The van der Waals surface area contributed by atoms with Crippen LogP contribution in [0.25, 0.3) is 0 Å². The van der Waals surface area contributed by atoms with E-state index in [1.807, 2.05) is 0 Å². The molecule has 6 heteroatoms. The molecule has 3 nitrogen and oxygen atoms in total. The van der Waals surface area contributed by atoms with Gasteiger partial charge in [0.05, 0.1) is 0 Å². The van der Waals surface area contributed by atoms with Gasteiger partial charge < -0.3 is 9.64 Å². The molecular weight excluding hydrogens is 271 g/mol. The average Bonchev–Trinajstić information content (AvgIpc) is 2.27. The number of rotatable bonds is 3. The van der Waals surface area contributed by atoms with E-state index in [0.29, 0.717) is 0 Å². The van der Waals surface area contributed by atoms with Crippen molar-refractivity contribution < 1.29 is 22.7 Å². The SMILES string of the molecule is CN(C)C(=O)C1CC(c2ccc(OC(F)(F)F)cc2)C1. The van der Waals surface area contributed by atoms with Gasteiger partial charge in [0.15, 0.2) is 0 Å². The van der Waals surface area contributed by atoms with Crippen LogP contribution in [0.3, 0.4) is 0 Å². The molecule has 1 aliphatic rings. The first-order valence-corrected chi connectivity index (χ1v) is 6.33. The summed E-state index contributed by atoms with van der Waals surface area (Å²) in [5.41, 5.74) is 0.947. The van der Waals surface area contributed by atoms with Gasteiger partial charge in [-0.15, -0.1) is 13.2 Å². The summed E-state index contributed by atoms with van der Waals surface area (Å²) in [5, 5.41) is 0. The maximum Gasteiger partial charge on any atom is 0.573 e. The number of halogens is 3. The Labute approximate surface area is 115 Å². The van der Waals surface area contributed by atoms with Gasteiger partial charge in [-0.25, -0.2) is 0 Å². The lowest BCUT2D eigenvalue weighted by molar-refractivity contribution is -0.274. The van der Waals surface area contributed by atoms with Gasteiger partial charge in [0.25, 0.3) is 0 Å². The van der Waals surface area contributed by atoms with E-state index in [-0.39, 0.29) is 23.5 Å². The third-order valence-corrected chi connectivity index (χ3v) is 3.51. The third-order valence-electron chi connectivity index (χ3n) is 3.51. The fraction of sp³-hybridized carbons (Fsp3) is 0.500. The number of carbonyl (C=O) groups excluding carboxylic acids is 1. The lowest BCUT2D eigenvalue weighted by Gasteiger charge is -2.36. The van der Waals surface area contributed by atoms with Gasteiger partial charge in [-0.1, -0.05) is 12.1 Å². The van der Waals surface area contributed by atoms with Crippen LogP contribution in [0.15, 0.2) is 24.3 Å². The highest BCUT2D eigenvalue weighted by molar-refractivity contribution is 5.79. The molecule has 2 rings (SSSR count). The summed E-state index contributed by atoms with van der Waals surface area (Å²) in [6.45, 7) is 0. The Bertz CT molecular complexity index is 476. The van der Waals surface area contributed by atoms with Crippen molar-refractivity contribution >= 4 is 5.91 Å². The minimum atomic E-state index is -4.67. The van der Waals surface area contributed by atoms with E-state index in [0.717, 1.165) is 18.4 Å². The molecule has 1 amide bonds. The smallest absolute Gasteiger partial charge is 0.406 e. The predicted octanol–water partition coefficient (Wildman–Crippen LogP) is 3.17. The van der Waals surface area contributed by atoms with Gasteiger partial charge in [-0.05, 0) is 36.5 Å². The number of nitrogens with zero attached hydrogens (tertiary/aromatic N) is 1. The lowest BCUT2D eigenvalue weighted by Crippen LogP contribution is -2.37. The summed E-state index contributed by atoms with van der Waals surface area (Å²) in [4.78, 5) is 13.3. The quantitative estimate of drug-likeness (QED) is 0.854. The van der Waals surface area contributed by atoms with Gasteiger partial charge in [0.2, 0.25) is 5.91 Å². The minimum absolute atomic E-state index is 0.0288. The summed E-state index contributed by atoms with van der Waals surface area (Å²) in [6, 6.07) is 5.87. The van der Waals surface area contributed by atoms with Crippen LogP contribution in [0, 0.1) is 5.92 Å². The number of carbonyl (C=O) groups is 1. The van der Waals surface area contributed by atoms with Crippen molar-refractivity contribution in [1.82, 2.24) is 4.90 Å². The van der Waals surface area contributed by atoms with Crippen LogP contribution < -0.4 is 4.74 Å². The van der Waals surface area contributed by atoms with E-state index in [9.17, 15) is 18.0 Å². The second-order valence-electron chi connectivity index (χ2n) is 5.21. The molecule has 1 fully saturated rings. The van der Waals surface area contributed by atoms with Crippen LogP contribution in [0.4, 0.5) is 13.2 Å². The first-order chi connectivity index (χ1) is 9.26. The number of amides is 1. The van der Waals surface area contributed by atoms with Crippen molar-refractivity contribution in [2.24, 2.45) is 5.92 Å². The van der Waals surface area contributed by atoms with E-state index in [4.69, 9.17) is 0 Å². The van der Waals surface area contributed by atoms with Gasteiger partial charge in [-0.3, -0.25) is 4.79 Å². The molecule has 1 aromatic carbocycles. The van der Waals surface area contributed by atoms with Crippen molar-refractivity contribution in [3.63, 3.8) is 0 Å². The Kier molecular flexibility index (Phi) is 3.92. The molecule has 0 aliphatic heterocycles. The Morgan fingerprint density at radius 1 is 1.20 bits per heavy atom. The fourth-order valence-corrected chi connectivity index (χ4v) is 2.40. The highest BCUT2D eigenvalue weighted by Gasteiger charge is 2.36. The molecule has 0 atom stereocenters. The van der Waals surface area contributed by atoms with Crippen molar-refractivity contribution in [3.05, 3.63) is 29.8 Å². The first kappa shape index (κ1) is 14.7. The second kappa shape index (κ2) is 5.34. The third kappa shape index (κ3) is 3.43. The van der Waals surface area contributed by atoms with Gasteiger partial charge in [-0.2, -0.15) is 0 Å². The van der Waals surface area contributed by atoms with E-state index in [1.165, 1.54) is 12.1 Å². The lowest BCUT2D eigenvalue weighted by atomic mass is 9.71. The molecule has 0 heterocycles. The molecule has 0 saturated heterocycles. The topological polar surface area (TPSA) is 29.5 Å². The average molecular weight is 287 g/mol. The Morgan fingerprint density at radius 2 is 1.75 bits per heavy atom. The van der Waals surface area contributed by atoms with Crippen molar-refractivity contribution in [2.45, 2.75) is 25.1 Å². The fourth-order valence-electron chi connectivity index (χ4n) is 2.40. The van der Waals surface area contributed by atoms with Crippen LogP contribution in [0.2, 0.25) is 0 Å². The molecule has 1 saturated carbocycles. The van der Waals surface area contributed by atoms with Crippen molar-refractivity contribution in [1.29, 1.82) is 0 Å². The van der Waals surface area contributed by atoms with E-state index < -0.39 is 6.36 Å². The summed E-state index contributed by atoms with van der Waals surface area (Å²) in [6.07, 6.45) is -3.17. The van der Waals surface area contributed by atoms with Gasteiger partial charge in [0, 0.05) is 20.0 Å². The molecule has 1 aromatic rings. The maximum atomic E-state index is 12.0. The summed E-state index contributed by atoms with van der Waals surface area (Å²) >= 11 is 0. The van der Waals surface area contributed by atoms with Crippen LogP contribution in [-0.4, -0.2) is 31.3 Å². The molecule has 0 N–H and O–H groups in total. The normalized spacial score (nSPS) is 22.1. The molecule has 110 valence electrons. The second-order valence-corrected chi connectivity index (χ2v) is 5.21. The van der Waals surface area contributed by atoms with Crippen LogP contribution in [-0.2, 0) is 4.79 Å². The number of benzene rings is 1. The largest absolute Gasteiger partial charge is 0.573 e. The Hall–Kier alpha value is -1.72. The van der Waals surface area contributed by atoms with Gasteiger partial charge >= 0.3 is 6.36 Å². The summed E-state index contributed by atoms with van der Waals surface area (Å²) in [5.74, 6) is 0.157. The zero-order valence-electron chi connectivity index (χ0n) is 11.3. The zero-order chi connectivity index (χ0) is 14.9. The van der Waals surface area contributed by atoms with E-state index >= 15 is 0 Å². The molecule has 0 aromatic heterocycles. The molecular formula is C14H16F3NO2. The number of ether oxygens (including phenoxy) is 1. The van der Waals surface area contributed by atoms with E-state index in [1.54, 1.807) is 31.1 Å². The number of hydrogen-bond acceptors (Lipinski definition) is 2. The molecule has 20 heavy (non-hydrogen) atoms. The zero-order valence-corrected chi connectivity index (χ0v) is 11.3. The monoisotopic (exact) mass is 287 g/mol. The summed E-state index contributed by atoms with van der Waals surface area (Å²) in [7, 11) is 3.44. The Morgan fingerprint density at radius 3 is 2.20 bits per heavy atom. The number of alkyl halides is 3. The van der Waals surface area contributed by atoms with Crippen LogP contribution in [0.1, 0.15) is 24.3 Å². The summed E-state index contributed by atoms with van der Waals surface area (Å²) < 4.78 is 39.9. The van der Waals surface area contributed by atoms with E-state index in [2.05, 4.69) is 4.74 Å². The molecule has 0 spiro atoms. The Balaban J connectivity index is 1.91. The predicted molar refractivity (Wildman–Crippen MR) is 67.3 cm³/mol. The van der Waals surface area contributed by atoms with Crippen molar-refractivity contribution in [2.75, 3.05) is 14.1 Å². The number of hydrogen-bond donors (Lipinski definition) is 0. The van der Waals surface area contributed by atoms with Crippen molar-refractivity contribution in [3.8, 4) is 5.75 Å². The highest BCUT2D eigenvalue weighted by Crippen LogP contribution is 2.42. The molecule has 0 bridgehead atoms. The first-order valence-electron chi connectivity index (χ1n) is 6.33. The standard InChI is InChI=1S/C14H16F3NO2/c1-18(2)13(19)11-7-10(8-11)9-3-5-12(6-4-9)20-14(15,16)17/h3-6,10-11H,7-8H2,1-2H3. The molecule has 0 radical (unpaired) electrons.